The molecule has 3 rings (SSSR count). The van der Waals surface area contributed by atoms with Crippen molar-refractivity contribution in [2.24, 2.45) is 5.41 Å². The standard InChI is InChI=1S/C12H13FN4/c1-7-5-9(13)11-15-10(16-17(7)11)8(2)12(6-14)3-4-12/h7,9H,2-5H2,1H3. The normalized spacial score (nSPS) is 28.5. The second kappa shape index (κ2) is 3.16. The number of allylic oxidation sites excluding steroid dienone is 1. The Morgan fingerprint density at radius 1 is 1.65 bits per heavy atom. The van der Waals surface area contributed by atoms with Gasteiger partial charge in [0.05, 0.1) is 17.5 Å². The summed E-state index contributed by atoms with van der Waals surface area (Å²) in [7, 11) is 0. The van der Waals surface area contributed by atoms with E-state index in [0.717, 1.165) is 12.8 Å². The first kappa shape index (κ1) is 10.5. The van der Waals surface area contributed by atoms with Crippen LogP contribution >= 0.6 is 0 Å². The lowest BCUT2D eigenvalue weighted by molar-refractivity contribution is 0.324. The Labute approximate surface area is 98.8 Å². The lowest BCUT2D eigenvalue weighted by atomic mass is 9.99. The number of nitriles is 1. The minimum Gasteiger partial charge on any atom is -0.244 e. The van der Waals surface area contributed by atoms with E-state index in [2.05, 4.69) is 22.7 Å². The first-order valence-electron chi connectivity index (χ1n) is 5.79. The molecular weight excluding hydrogens is 219 g/mol. The Morgan fingerprint density at radius 3 is 2.88 bits per heavy atom. The van der Waals surface area contributed by atoms with Gasteiger partial charge in [-0.1, -0.05) is 6.58 Å². The van der Waals surface area contributed by atoms with E-state index < -0.39 is 11.6 Å². The van der Waals surface area contributed by atoms with Crippen LogP contribution in [0.4, 0.5) is 4.39 Å². The largest absolute Gasteiger partial charge is 0.244 e. The number of hydrogen-bond acceptors (Lipinski definition) is 3. The molecule has 1 fully saturated rings. The van der Waals surface area contributed by atoms with Crippen molar-refractivity contribution < 1.29 is 4.39 Å². The van der Waals surface area contributed by atoms with Crippen LogP contribution in [0.3, 0.4) is 0 Å². The average molecular weight is 232 g/mol. The number of alkyl halides is 1. The smallest absolute Gasteiger partial charge is 0.178 e. The van der Waals surface area contributed by atoms with Crippen LogP contribution in [-0.4, -0.2) is 14.8 Å². The van der Waals surface area contributed by atoms with Crippen molar-refractivity contribution in [3.05, 3.63) is 18.2 Å². The molecule has 0 amide bonds. The van der Waals surface area contributed by atoms with E-state index >= 15 is 0 Å². The van der Waals surface area contributed by atoms with Crippen molar-refractivity contribution in [2.75, 3.05) is 0 Å². The van der Waals surface area contributed by atoms with E-state index in [4.69, 9.17) is 5.26 Å². The lowest BCUT2D eigenvalue weighted by Crippen LogP contribution is -2.05. The minimum absolute atomic E-state index is 0.0336. The molecule has 1 saturated carbocycles. The second-order valence-corrected chi connectivity index (χ2v) is 4.96. The van der Waals surface area contributed by atoms with E-state index in [1.54, 1.807) is 4.68 Å². The summed E-state index contributed by atoms with van der Waals surface area (Å²) in [6.07, 6.45) is 1.00. The number of nitrogens with zero attached hydrogens (tertiary/aromatic N) is 4. The van der Waals surface area contributed by atoms with Crippen LogP contribution in [0.2, 0.25) is 0 Å². The molecule has 17 heavy (non-hydrogen) atoms. The first-order chi connectivity index (χ1) is 8.07. The van der Waals surface area contributed by atoms with Crippen LogP contribution in [0, 0.1) is 16.7 Å². The van der Waals surface area contributed by atoms with Crippen LogP contribution in [-0.2, 0) is 0 Å². The number of rotatable bonds is 2. The van der Waals surface area contributed by atoms with Crippen LogP contribution in [0.5, 0.6) is 0 Å². The van der Waals surface area contributed by atoms with Crippen LogP contribution < -0.4 is 0 Å². The summed E-state index contributed by atoms with van der Waals surface area (Å²) in [5.74, 6) is 0.815. The zero-order valence-electron chi connectivity index (χ0n) is 9.65. The fraction of sp³-hybridized carbons (Fsp3) is 0.583. The molecule has 0 spiro atoms. The molecule has 1 aliphatic carbocycles. The molecule has 2 heterocycles. The van der Waals surface area contributed by atoms with Crippen LogP contribution in [0.1, 0.15) is 50.0 Å². The SMILES string of the molecule is C=C(c1nc2n(n1)C(C)CC2F)C1(C#N)CC1. The highest BCUT2D eigenvalue weighted by molar-refractivity contribution is 5.69. The van der Waals surface area contributed by atoms with Crippen molar-refractivity contribution in [1.82, 2.24) is 14.8 Å². The van der Waals surface area contributed by atoms with Gasteiger partial charge in [0.15, 0.2) is 17.8 Å². The van der Waals surface area contributed by atoms with Gasteiger partial charge in [-0.05, 0) is 19.8 Å². The molecule has 4 nitrogen and oxygen atoms in total. The van der Waals surface area contributed by atoms with E-state index in [1.165, 1.54) is 0 Å². The van der Waals surface area contributed by atoms with Gasteiger partial charge in [0.25, 0.3) is 0 Å². The number of aromatic nitrogens is 3. The molecule has 88 valence electrons. The van der Waals surface area contributed by atoms with E-state index in [0.29, 0.717) is 23.6 Å². The first-order valence-corrected chi connectivity index (χ1v) is 5.79. The number of fused-ring (bicyclic) bond motifs is 1. The van der Waals surface area contributed by atoms with Crippen molar-refractivity contribution in [1.29, 1.82) is 5.26 Å². The van der Waals surface area contributed by atoms with Gasteiger partial charge in [0, 0.05) is 12.0 Å². The highest BCUT2D eigenvalue weighted by Crippen LogP contribution is 2.54. The topological polar surface area (TPSA) is 54.5 Å². The maximum absolute atomic E-state index is 13.6. The molecule has 0 N–H and O–H groups in total. The Kier molecular flexibility index (Phi) is 1.94. The quantitative estimate of drug-likeness (QED) is 0.787. The molecule has 2 atom stereocenters. The Balaban J connectivity index is 1.97. The fourth-order valence-electron chi connectivity index (χ4n) is 2.33. The molecule has 2 aliphatic rings. The number of halogens is 1. The van der Waals surface area contributed by atoms with Gasteiger partial charge in [-0.2, -0.15) is 10.4 Å². The Morgan fingerprint density at radius 2 is 2.35 bits per heavy atom. The fourth-order valence-corrected chi connectivity index (χ4v) is 2.33. The third-order valence-corrected chi connectivity index (χ3v) is 3.71. The molecule has 0 aromatic carbocycles. The van der Waals surface area contributed by atoms with Crippen molar-refractivity contribution in [3.63, 3.8) is 0 Å². The van der Waals surface area contributed by atoms with Crippen molar-refractivity contribution >= 4 is 5.57 Å². The molecule has 1 aromatic heterocycles. The van der Waals surface area contributed by atoms with Gasteiger partial charge in [0.2, 0.25) is 0 Å². The summed E-state index contributed by atoms with van der Waals surface area (Å²) < 4.78 is 15.2. The third kappa shape index (κ3) is 1.33. The van der Waals surface area contributed by atoms with E-state index in [-0.39, 0.29) is 6.04 Å². The molecule has 1 aliphatic heterocycles. The molecule has 0 radical (unpaired) electrons. The van der Waals surface area contributed by atoms with Crippen LogP contribution in [0.25, 0.3) is 5.57 Å². The maximum Gasteiger partial charge on any atom is 0.178 e. The molecule has 5 heteroatoms. The molecule has 0 saturated heterocycles. The molecular formula is C12H13FN4. The summed E-state index contributed by atoms with van der Waals surface area (Å²) in [6, 6.07) is 2.29. The van der Waals surface area contributed by atoms with Crippen molar-refractivity contribution in [2.45, 2.75) is 38.4 Å². The van der Waals surface area contributed by atoms with E-state index in [1.807, 2.05) is 6.92 Å². The highest BCUT2D eigenvalue weighted by atomic mass is 19.1. The van der Waals surface area contributed by atoms with Gasteiger partial charge in [-0.25, -0.2) is 14.1 Å². The summed E-state index contributed by atoms with van der Waals surface area (Å²) >= 11 is 0. The average Bonchev–Trinajstić information content (AvgIpc) is 2.90. The maximum atomic E-state index is 13.6. The summed E-state index contributed by atoms with van der Waals surface area (Å²) in [5, 5.41) is 13.4. The zero-order chi connectivity index (χ0) is 12.2. The predicted molar refractivity (Wildman–Crippen MR) is 59.5 cm³/mol. The second-order valence-electron chi connectivity index (χ2n) is 4.96. The Bertz CT molecular complexity index is 510. The van der Waals surface area contributed by atoms with Gasteiger partial charge in [0.1, 0.15) is 0 Å². The zero-order valence-corrected chi connectivity index (χ0v) is 9.65. The summed E-state index contributed by atoms with van der Waals surface area (Å²) in [6.45, 7) is 5.83. The molecule has 0 bridgehead atoms. The monoisotopic (exact) mass is 232 g/mol. The van der Waals surface area contributed by atoms with Crippen molar-refractivity contribution in [3.8, 4) is 6.07 Å². The van der Waals surface area contributed by atoms with Gasteiger partial charge in [-0.15, -0.1) is 0 Å². The van der Waals surface area contributed by atoms with Gasteiger partial charge in [-0.3, -0.25) is 0 Å². The molecule has 2 unspecified atom stereocenters. The minimum atomic E-state index is -1.05. The highest BCUT2D eigenvalue weighted by Gasteiger charge is 2.48. The lowest BCUT2D eigenvalue weighted by Gasteiger charge is -2.06. The Hall–Kier alpha value is -1.70. The third-order valence-electron chi connectivity index (χ3n) is 3.71. The summed E-state index contributed by atoms with van der Waals surface area (Å²) in [5.41, 5.74) is 0.152. The molecule has 1 aromatic rings. The number of hydrogen-bond donors (Lipinski definition) is 0. The van der Waals surface area contributed by atoms with E-state index in [9.17, 15) is 4.39 Å². The van der Waals surface area contributed by atoms with Gasteiger partial charge < -0.3 is 0 Å². The predicted octanol–water partition coefficient (Wildman–Crippen LogP) is 2.57. The van der Waals surface area contributed by atoms with Crippen LogP contribution in [0.15, 0.2) is 6.58 Å². The van der Waals surface area contributed by atoms with Gasteiger partial charge >= 0.3 is 0 Å². The summed E-state index contributed by atoms with van der Waals surface area (Å²) in [4.78, 5) is 4.20.